The van der Waals surface area contributed by atoms with Crippen LogP contribution in [0.15, 0.2) is 60.9 Å². The van der Waals surface area contributed by atoms with Crippen LogP contribution in [0, 0.1) is 18.2 Å². The predicted octanol–water partition coefficient (Wildman–Crippen LogP) is 6.09. The van der Waals surface area contributed by atoms with Gasteiger partial charge in [0, 0.05) is 87.9 Å². The van der Waals surface area contributed by atoms with Crippen molar-refractivity contribution in [1.82, 2.24) is 40.0 Å². The number of pyridine rings is 1. The predicted molar refractivity (Wildman–Crippen MR) is 243 cm³/mol. The summed E-state index contributed by atoms with van der Waals surface area (Å²) in [5.41, 5.74) is 5.40. The molecule has 5 aromatic rings. The quantitative estimate of drug-likeness (QED) is 0.148. The number of anilines is 4. The molecule has 4 aliphatic heterocycles. The number of nitrogens with one attached hydrogen (secondary N) is 3. The van der Waals surface area contributed by atoms with Gasteiger partial charge in [-0.05, 0) is 92.9 Å². The van der Waals surface area contributed by atoms with Gasteiger partial charge in [0.2, 0.25) is 5.91 Å². The van der Waals surface area contributed by atoms with Crippen molar-refractivity contribution in [3.8, 4) is 11.3 Å². The van der Waals surface area contributed by atoms with Crippen LogP contribution in [0.3, 0.4) is 0 Å². The third-order valence-corrected chi connectivity index (χ3v) is 14.6. The highest BCUT2D eigenvalue weighted by molar-refractivity contribution is 6.06. The van der Waals surface area contributed by atoms with E-state index in [1.54, 1.807) is 36.7 Å². The van der Waals surface area contributed by atoms with Crippen molar-refractivity contribution in [3.05, 3.63) is 94.7 Å². The van der Waals surface area contributed by atoms with Gasteiger partial charge in [-0.2, -0.15) is 0 Å². The third-order valence-electron chi connectivity index (χ3n) is 14.6. The van der Waals surface area contributed by atoms with Crippen LogP contribution >= 0.6 is 0 Å². The number of hydrogen-bond donors (Lipinski definition) is 3. The number of fused-ring (bicyclic) bond motifs is 2. The van der Waals surface area contributed by atoms with Crippen LogP contribution in [0.25, 0.3) is 16.9 Å². The van der Waals surface area contributed by atoms with Gasteiger partial charge in [-0.15, -0.1) is 5.10 Å². The van der Waals surface area contributed by atoms with Crippen LogP contribution in [0.1, 0.15) is 76.1 Å². The maximum atomic E-state index is 16.3. The highest BCUT2D eigenvalue weighted by Crippen LogP contribution is 2.51. The second-order valence-electron chi connectivity index (χ2n) is 18.3. The molecule has 0 radical (unpaired) electrons. The number of imide groups is 1. The number of carbonyl (C=O) groups excluding carboxylic acids is 4. The molecule has 1 saturated carbocycles. The topological polar surface area (TPSA) is 170 Å². The van der Waals surface area contributed by atoms with E-state index in [9.17, 15) is 19.2 Å². The lowest BCUT2D eigenvalue weighted by atomic mass is 9.68. The highest BCUT2D eigenvalue weighted by Gasteiger charge is 2.57. The maximum Gasteiger partial charge on any atom is 0.328 e. The number of likely N-dealkylation sites (tertiary alicyclic amines) is 2. The molecule has 1 spiro atoms. The Morgan fingerprint density at radius 2 is 1.72 bits per heavy atom. The molecule has 2 atom stereocenters. The Labute approximate surface area is 384 Å². The number of urea groups is 1. The Kier molecular flexibility index (Phi) is 11.4. The fraction of sp³-hybridized carbons (Fsp3) is 0.438. The van der Waals surface area contributed by atoms with Crippen molar-refractivity contribution in [3.63, 3.8) is 0 Å². The summed E-state index contributed by atoms with van der Waals surface area (Å²) in [6.07, 6.45) is 6.21. The van der Waals surface area contributed by atoms with Crippen LogP contribution in [-0.2, 0) is 22.5 Å². The van der Waals surface area contributed by atoms with Crippen molar-refractivity contribution in [2.24, 2.45) is 5.41 Å². The fourth-order valence-corrected chi connectivity index (χ4v) is 10.5. The summed E-state index contributed by atoms with van der Waals surface area (Å²) < 4.78 is 54.8. The summed E-state index contributed by atoms with van der Waals surface area (Å²) in [6, 6.07) is 13.6. The first-order valence-corrected chi connectivity index (χ1v) is 22.8. The van der Waals surface area contributed by atoms with Gasteiger partial charge in [0.05, 0.1) is 41.8 Å². The normalized spacial score (nSPS) is 21.3. The van der Waals surface area contributed by atoms with E-state index in [0.29, 0.717) is 48.0 Å². The minimum Gasteiger partial charge on any atom is -0.385 e. The number of piperidine rings is 2. The molecule has 0 unspecified atom stereocenters. The Morgan fingerprint density at radius 3 is 2.42 bits per heavy atom. The third kappa shape index (κ3) is 7.90. The number of halogens is 3. The highest BCUT2D eigenvalue weighted by atomic mass is 19.3. The van der Waals surface area contributed by atoms with Crippen LogP contribution in [-0.4, -0.2) is 125 Å². The van der Waals surface area contributed by atoms with E-state index in [0.717, 1.165) is 53.0 Å². The summed E-state index contributed by atoms with van der Waals surface area (Å²) in [5.74, 6) is -4.44. The lowest BCUT2D eigenvalue weighted by molar-refractivity contribution is -0.186. The number of hydrogen-bond acceptors (Lipinski definition) is 11. The Bertz CT molecular complexity index is 2790. The lowest BCUT2D eigenvalue weighted by Gasteiger charge is -2.51. The summed E-state index contributed by atoms with van der Waals surface area (Å²) >= 11 is 0. The number of amides is 5. The number of rotatable bonds is 10. The molecule has 5 aliphatic rings. The van der Waals surface area contributed by atoms with E-state index in [1.165, 1.54) is 28.1 Å². The SMILES string of the molecule is CNc1cc(N2CCc3c(-c4ccc(CN5CCC6(CCN(C(=O)c7cc(N8CCC(=O)NC8=O)c(C)cc7F)CC6)C(F)(F)C5)cn4)cccc32)nn2c(C(=O)N[C@@H]3CC[C@H]3OC)cnc12. The molecule has 0 bridgehead atoms. The van der Waals surface area contributed by atoms with Gasteiger partial charge in [-0.25, -0.2) is 27.5 Å². The number of nitrogens with zero attached hydrogens (tertiary/aromatic N) is 8. The van der Waals surface area contributed by atoms with Crippen molar-refractivity contribution in [2.75, 3.05) is 68.5 Å². The Balaban J connectivity index is 0.786. The van der Waals surface area contributed by atoms with Gasteiger partial charge >= 0.3 is 6.03 Å². The Hall–Kier alpha value is -6.60. The van der Waals surface area contributed by atoms with E-state index in [1.807, 2.05) is 36.4 Å². The first-order valence-electron chi connectivity index (χ1n) is 22.8. The zero-order valence-corrected chi connectivity index (χ0v) is 37.6. The lowest BCUT2D eigenvalue weighted by Crippen LogP contribution is -2.59. The smallest absolute Gasteiger partial charge is 0.328 e. The van der Waals surface area contributed by atoms with Crippen molar-refractivity contribution < 1.29 is 37.1 Å². The molecule has 350 valence electrons. The molecular formula is C48H52F3N11O5. The minimum atomic E-state index is -3.03. The molecule has 10 rings (SSSR count). The number of benzene rings is 2. The van der Waals surface area contributed by atoms with Gasteiger partial charge in [0.25, 0.3) is 17.7 Å². The first kappa shape index (κ1) is 44.2. The molecule has 1 aliphatic carbocycles. The van der Waals surface area contributed by atoms with Gasteiger partial charge in [0.15, 0.2) is 17.2 Å². The molecule has 19 heteroatoms. The summed E-state index contributed by atoms with van der Waals surface area (Å²) in [6.45, 7) is 2.75. The van der Waals surface area contributed by atoms with Crippen molar-refractivity contribution in [1.29, 1.82) is 0 Å². The number of aromatic nitrogens is 4. The first-order chi connectivity index (χ1) is 32.3. The van der Waals surface area contributed by atoms with Gasteiger partial charge in [0.1, 0.15) is 5.82 Å². The molecule has 3 N–H and O–H groups in total. The van der Waals surface area contributed by atoms with Crippen LogP contribution in [0.4, 0.5) is 40.8 Å². The number of ether oxygens (including phenoxy) is 1. The molecule has 4 fully saturated rings. The number of carbonyl (C=O) groups is 4. The second kappa shape index (κ2) is 17.2. The standard InChI is InChI=1S/C48H52F3N11O5/c1-28-21-33(49)32(22-38(28)61-17-12-42(63)56-46(61)66)45(65)59-19-14-47(15-20-59)13-18-58(27-48(47,50)51)26-29-7-8-34(53-24-29)30-5-4-6-37-31(30)11-16-60(37)41-23-36(52-2)43-54-25-39(62(43)57-41)44(64)55-35-9-10-40(35)67-3/h4-8,21-25,35,40,52H,9-20,26-27H2,1-3H3,(H,55,64)(H,56,63,66)/t35-,40-/m1/s1. The molecule has 67 heavy (non-hydrogen) atoms. The second-order valence-corrected chi connectivity index (χ2v) is 18.3. The monoisotopic (exact) mass is 919 g/mol. The van der Waals surface area contributed by atoms with Crippen LogP contribution in [0.2, 0.25) is 0 Å². The molecule has 5 amide bonds. The number of imidazole rings is 1. The van der Waals surface area contributed by atoms with Gasteiger partial charge in [-0.3, -0.25) is 34.5 Å². The summed E-state index contributed by atoms with van der Waals surface area (Å²) in [7, 11) is 3.45. The minimum absolute atomic E-state index is 0.0117. The van der Waals surface area contributed by atoms with E-state index in [2.05, 4.69) is 25.8 Å². The van der Waals surface area contributed by atoms with Crippen LogP contribution in [0.5, 0.6) is 0 Å². The fourth-order valence-electron chi connectivity index (χ4n) is 10.5. The molecule has 3 aromatic heterocycles. The average molecular weight is 920 g/mol. The van der Waals surface area contributed by atoms with E-state index in [4.69, 9.17) is 14.8 Å². The van der Waals surface area contributed by atoms with E-state index < -0.39 is 41.5 Å². The summed E-state index contributed by atoms with van der Waals surface area (Å²) in [4.78, 5) is 67.2. The number of methoxy groups -OCH3 is 1. The van der Waals surface area contributed by atoms with Crippen molar-refractivity contribution >= 4 is 52.3 Å². The Morgan fingerprint density at radius 1 is 0.925 bits per heavy atom. The van der Waals surface area contributed by atoms with Gasteiger partial charge in [-0.1, -0.05) is 18.2 Å². The molecule has 16 nitrogen and oxygen atoms in total. The number of aryl methyl sites for hydroxylation is 1. The van der Waals surface area contributed by atoms with Gasteiger partial charge < -0.3 is 25.2 Å². The largest absolute Gasteiger partial charge is 0.385 e. The molecule has 2 aromatic carbocycles. The zero-order valence-electron chi connectivity index (χ0n) is 37.6. The van der Waals surface area contributed by atoms with Crippen LogP contribution < -0.4 is 25.8 Å². The summed E-state index contributed by atoms with van der Waals surface area (Å²) in [5, 5.41) is 13.4. The maximum absolute atomic E-state index is 16.3. The average Bonchev–Trinajstić information content (AvgIpc) is 3.95. The van der Waals surface area contributed by atoms with E-state index >= 15 is 13.2 Å². The van der Waals surface area contributed by atoms with E-state index in [-0.39, 0.29) is 68.9 Å². The zero-order chi connectivity index (χ0) is 46.8. The number of alkyl halides is 2. The molecular weight excluding hydrogens is 868 g/mol. The van der Waals surface area contributed by atoms with Crippen molar-refractivity contribution in [2.45, 2.75) is 76.5 Å². The molecule has 3 saturated heterocycles. The molecule has 7 heterocycles.